The molecule has 19 heavy (non-hydrogen) atoms. The largest absolute Gasteiger partial charge is 0.497 e. The third-order valence-corrected chi connectivity index (χ3v) is 4.11. The van der Waals surface area contributed by atoms with Gasteiger partial charge in [0.25, 0.3) is 0 Å². The van der Waals surface area contributed by atoms with Crippen molar-refractivity contribution in [1.29, 1.82) is 0 Å². The zero-order valence-electron chi connectivity index (χ0n) is 11.5. The minimum Gasteiger partial charge on any atom is -0.497 e. The fourth-order valence-corrected chi connectivity index (χ4v) is 3.03. The molecule has 0 aliphatic carbocycles. The van der Waals surface area contributed by atoms with E-state index in [1.807, 2.05) is 6.07 Å². The molecule has 2 unspecified atom stereocenters. The molecule has 0 aromatic heterocycles. The summed E-state index contributed by atoms with van der Waals surface area (Å²) in [6, 6.07) is 13.4. The maximum atomic E-state index is 6.23. The van der Waals surface area contributed by atoms with Crippen LogP contribution in [0, 0.1) is 0 Å². The number of fused-ring (bicyclic) bond motifs is 1. The number of methoxy groups -OCH3 is 1. The second kappa shape index (κ2) is 4.83. The highest BCUT2D eigenvalue weighted by molar-refractivity contribution is 5.84. The molecule has 2 N–H and O–H groups in total. The van der Waals surface area contributed by atoms with E-state index in [9.17, 15) is 0 Å². The standard InChI is InChI=1S/C16H20N2O/c1-18-8-7-15(17)16(18)13-4-3-12-10-14(19-2)6-5-11(12)9-13/h3-6,9-10,15-16H,7-8,17H2,1-2H3. The van der Waals surface area contributed by atoms with Crippen LogP contribution in [-0.2, 0) is 0 Å². The molecule has 0 spiro atoms. The first kappa shape index (κ1) is 12.5. The number of hydrogen-bond donors (Lipinski definition) is 1. The highest BCUT2D eigenvalue weighted by Crippen LogP contribution is 2.32. The van der Waals surface area contributed by atoms with Gasteiger partial charge in [-0.05, 0) is 48.0 Å². The Hall–Kier alpha value is -1.58. The van der Waals surface area contributed by atoms with E-state index in [2.05, 4.69) is 42.3 Å². The van der Waals surface area contributed by atoms with Crippen LogP contribution in [-0.4, -0.2) is 31.6 Å². The number of benzene rings is 2. The average molecular weight is 256 g/mol. The second-order valence-corrected chi connectivity index (χ2v) is 5.35. The normalized spacial score (nSPS) is 23.9. The van der Waals surface area contributed by atoms with E-state index in [0.717, 1.165) is 18.7 Å². The molecule has 0 bridgehead atoms. The number of likely N-dealkylation sites (tertiary alicyclic amines) is 1. The maximum Gasteiger partial charge on any atom is 0.119 e. The van der Waals surface area contributed by atoms with E-state index in [-0.39, 0.29) is 6.04 Å². The molecule has 0 radical (unpaired) electrons. The lowest BCUT2D eigenvalue weighted by molar-refractivity contribution is 0.304. The highest BCUT2D eigenvalue weighted by atomic mass is 16.5. The van der Waals surface area contributed by atoms with Crippen molar-refractivity contribution in [2.75, 3.05) is 20.7 Å². The lowest BCUT2D eigenvalue weighted by Crippen LogP contribution is -2.29. The Morgan fingerprint density at radius 1 is 1.16 bits per heavy atom. The van der Waals surface area contributed by atoms with Gasteiger partial charge in [0.15, 0.2) is 0 Å². The van der Waals surface area contributed by atoms with Crippen molar-refractivity contribution in [2.24, 2.45) is 5.73 Å². The van der Waals surface area contributed by atoms with Gasteiger partial charge < -0.3 is 10.5 Å². The van der Waals surface area contributed by atoms with Crippen molar-refractivity contribution >= 4 is 10.8 Å². The van der Waals surface area contributed by atoms with Gasteiger partial charge in [0.1, 0.15) is 5.75 Å². The summed E-state index contributed by atoms with van der Waals surface area (Å²) in [7, 11) is 3.85. The number of nitrogens with two attached hydrogens (primary N) is 1. The summed E-state index contributed by atoms with van der Waals surface area (Å²) >= 11 is 0. The van der Waals surface area contributed by atoms with E-state index < -0.39 is 0 Å². The Labute approximate surface area is 114 Å². The summed E-state index contributed by atoms with van der Waals surface area (Å²) in [5, 5.41) is 2.45. The van der Waals surface area contributed by atoms with Crippen molar-refractivity contribution in [3.63, 3.8) is 0 Å². The van der Waals surface area contributed by atoms with Crippen LogP contribution in [0.25, 0.3) is 10.8 Å². The average Bonchev–Trinajstić information content (AvgIpc) is 2.77. The lowest BCUT2D eigenvalue weighted by Gasteiger charge is -2.23. The summed E-state index contributed by atoms with van der Waals surface area (Å²) in [6.45, 7) is 1.08. The fraction of sp³-hybridized carbons (Fsp3) is 0.375. The Balaban J connectivity index is 2.02. The van der Waals surface area contributed by atoms with Crippen molar-refractivity contribution in [2.45, 2.75) is 18.5 Å². The summed E-state index contributed by atoms with van der Waals surface area (Å²) in [5.41, 5.74) is 7.54. The Morgan fingerprint density at radius 2 is 1.89 bits per heavy atom. The van der Waals surface area contributed by atoms with Gasteiger partial charge in [0, 0.05) is 18.6 Å². The molecular weight excluding hydrogens is 236 g/mol. The van der Waals surface area contributed by atoms with Gasteiger partial charge >= 0.3 is 0 Å². The van der Waals surface area contributed by atoms with Gasteiger partial charge in [0.2, 0.25) is 0 Å². The lowest BCUT2D eigenvalue weighted by atomic mass is 9.98. The molecule has 1 saturated heterocycles. The zero-order valence-corrected chi connectivity index (χ0v) is 11.5. The van der Waals surface area contributed by atoms with Gasteiger partial charge in [-0.15, -0.1) is 0 Å². The second-order valence-electron chi connectivity index (χ2n) is 5.35. The minimum absolute atomic E-state index is 0.237. The topological polar surface area (TPSA) is 38.5 Å². The molecule has 3 heteroatoms. The molecule has 0 saturated carbocycles. The predicted molar refractivity (Wildman–Crippen MR) is 78.5 cm³/mol. The van der Waals surface area contributed by atoms with Gasteiger partial charge in [-0.25, -0.2) is 0 Å². The Kier molecular flexibility index (Phi) is 3.17. The van der Waals surface area contributed by atoms with Gasteiger partial charge in [-0.1, -0.05) is 18.2 Å². The molecule has 0 amide bonds. The molecule has 2 aromatic rings. The Morgan fingerprint density at radius 3 is 2.58 bits per heavy atom. The summed E-state index contributed by atoms with van der Waals surface area (Å²) in [6.07, 6.45) is 1.07. The smallest absolute Gasteiger partial charge is 0.119 e. The number of likely N-dealkylation sites (N-methyl/N-ethyl adjacent to an activating group) is 1. The van der Waals surface area contributed by atoms with E-state index in [1.54, 1.807) is 7.11 Å². The van der Waals surface area contributed by atoms with E-state index >= 15 is 0 Å². The van der Waals surface area contributed by atoms with Crippen molar-refractivity contribution < 1.29 is 4.74 Å². The zero-order chi connectivity index (χ0) is 13.4. The monoisotopic (exact) mass is 256 g/mol. The van der Waals surface area contributed by atoms with E-state index in [0.29, 0.717) is 6.04 Å². The SMILES string of the molecule is COc1ccc2cc(C3C(N)CCN3C)ccc2c1. The first-order chi connectivity index (χ1) is 9.19. The predicted octanol–water partition coefficient (Wildman–Crippen LogP) is 2.55. The first-order valence-electron chi connectivity index (χ1n) is 6.72. The molecule has 3 rings (SSSR count). The van der Waals surface area contributed by atoms with Crippen LogP contribution in [0.4, 0.5) is 0 Å². The number of rotatable bonds is 2. The molecule has 2 atom stereocenters. The molecule has 100 valence electrons. The van der Waals surface area contributed by atoms with Crippen LogP contribution in [0.2, 0.25) is 0 Å². The quantitative estimate of drug-likeness (QED) is 0.897. The number of hydrogen-bond acceptors (Lipinski definition) is 3. The Bertz CT molecular complexity index is 586. The van der Waals surface area contributed by atoms with E-state index in [4.69, 9.17) is 10.5 Å². The number of nitrogens with zero attached hydrogens (tertiary/aromatic N) is 1. The third kappa shape index (κ3) is 2.20. The van der Waals surface area contributed by atoms with Crippen LogP contribution < -0.4 is 10.5 Å². The van der Waals surface area contributed by atoms with Crippen LogP contribution in [0.3, 0.4) is 0 Å². The van der Waals surface area contributed by atoms with Crippen molar-refractivity contribution in [3.8, 4) is 5.75 Å². The molecule has 1 aliphatic heterocycles. The van der Waals surface area contributed by atoms with Crippen molar-refractivity contribution in [3.05, 3.63) is 42.0 Å². The molecule has 3 nitrogen and oxygen atoms in total. The molecule has 1 heterocycles. The summed E-state index contributed by atoms with van der Waals surface area (Å²) < 4.78 is 5.26. The molecule has 1 fully saturated rings. The van der Waals surface area contributed by atoms with Crippen molar-refractivity contribution in [1.82, 2.24) is 4.90 Å². The first-order valence-corrected chi connectivity index (χ1v) is 6.72. The molecule has 1 aliphatic rings. The van der Waals surface area contributed by atoms with Crippen LogP contribution >= 0.6 is 0 Å². The van der Waals surface area contributed by atoms with Crippen LogP contribution in [0.15, 0.2) is 36.4 Å². The highest BCUT2D eigenvalue weighted by Gasteiger charge is 2.30. The van der Waals surface area contributed by atoms with Gasteiger partial charge in [-0.2, -0.15) is 0 Å². The number of ether oxygens (including phenoxy) is 1. The van der Waals surface area contributed by atoms with E-state index in [1.165, 1.54) is 16.3 Å². The minimum atomic E-state index is 0.237. The molecular formula is C16H20N2O. The van der Waals surface area contributed by atoms with Crippen LogP contribution in [0.5, 0.6) is 5.75 Å². The van der Waals surface area contributed by atoms with Crippen LogP contribution in [0.1, 0.15) is 18.0 Å². The van der Waals surface area contributed by atoms with Gasteiger partial charge in [0.05, 0.1) is 7.11 Å². The maximum absolute atomic E-state index is 6.23. The van der Waals surface area contributed by atoms with Gasteiger partial charge in [-0.3, -0.25) is 4.90 Å². The summed E-state index contributed by atoms with van der Waals surface area (Å²) in [4.78, 5) is 2.34. The fourth-order valence-electron chi connectivity index (χ4n) is 3.03. The third-order valence-electron chi connectivity index (χ3n) is 4.11. The summed E-state index contributed by atoms with van der Waals surface area (Å²) in [5.74, 6) is 0.898. The molecule has 2 aromatic carbocycles.